The topological polar surface area (TPSA) is 63.2 Å². The van der Waals surface area contributed by atoms with Gasteiger partial charge in [-0.05, 0) is 80.2 Å². The third kappa shape index (κ3) is 4.90. The summed E-state index contributed by atoms with van der Waals surface area (Å²) in [7, 11) is 0. The Morgan fingerprint density at radius 2 is 1.94 bits per heavy atom. The van der Waals surface area contributed by atoms with Gasteiger partial charge >= 0.3 is 0 Å². The number of carbonyl (C=O) groups excluding carboxylic acids is 1. The third-order valence-electron chi connectivity index (χ3n) is 4.65. The molecule has 5 nitrogen and oxygen atoms in total. The van der Waals surface area contributed by atoms with Crippen LogP contribution in [0.3, 0.4) is 0 Å². The van der Waals surface area contributed by atoms with Crippen LogP contribution >= 0.6 is 23.6 Å². The largest absolute Gasteiger partial charge is 0.494 e. The van der Waals surface area contributed by atoms with Crippen LogP contribution in [0.5, 0.6) is 5.75 Å². The number of para-hydroxylation sites is 1. The molecule has 0 aliphatic heterocycles. The van der Waals surface area contributed by atoms with Crippen molar-refractivity contribution >= 4 is 50.5 Å². The van der Waals surface area contributed by atoms with Gasteiger partial charge in [0.15, 0.2) is 5.11 Å². The van der Waals surface area contributed by atoms with Crippen LogP contribution < -0.4 is 15.4 Å². The molecule has 0 aliphatic carbocycles. The molecule has 0 atom stereocenters. The second-order valence-electron chi connectivity index (χ2n) is 6.89. The standard InChI is InChI=1S/C24H21N3O2S2/c1-3-29-18-8-6-7-16(14-18)22(28)27-24(30)26-19-12-11-17(13-15(19)2)23-25-20-9-4-5-10-21(20)31-23/h4-14H,3H2,1-2H3,(H2,26,27,28,30). The fourth-order valence-electron chi connectivity index (χ4n) is 3.16. The highest BCUT2D eigenvalue weighted by Gasteiger charge is 2.11. The number of hydrogen-bond acceptors (Lipinski definition) is 5. The molecule has 0 spiro atoms. The van der Waals surface area contributed by atoms with E-state index in [0.717, 1.165) is 32.0 Å². The van der Waals surface area contributed by atoms with Crippen LogP contribution in [0.25, 0.3) is 20.8 Å². The Balaban J connectivity index is 1.44. The number of ether oxygens (including phenoxy) is 1. The zero-order valence-electron chi connectivity index (χ0n) is 17.1. The van der Waals surface area contributed by atoms with Crippen LogP contribution in [0.15, 0.2) is 66.7 Å². The summed E-state index contributed by atoms with van der Waals surface area (Å²) in [6.07, 6.45) is 0. The van der Waals surface area contributed by atoms with Gasteiger partial charge in [0.1, 0.15) is 10.8 Å². The predicted molar refractivity (Wildman–Crippen MR) is 131 cm³/mol. The van der Waals surface area contributed by atoms with Gasteiger partial charge in [0.05, 0.1) is 16.8 Å². The Bertz CT molecular complexity index is 1230. The van der Waals surface area contributed by atoms with Crippen LogP contribution in [0.4, 0.5) is 5.69 Å². The monoisotopic (exact) mass is 447 g/mol. The minimum Gasteiger partial charge on any atom is -0.494 e. The van der Waals surface area contributed by atoms with Crippen LogP contribution in [-0.2, 0) is 0 Å². The fourth-order valence-corrected chi connectivity index (χ4v) is 4.32. The molecular weight excluding hydrogens is 426 g/mol. The van der Waals surface area contributed by atoms with Crippen molar-refractivity contribution in [2.24, 2.45) is 0 Å². The van der Waals surface area contributed by atoms with Crippen molar-refractivity contribution < 1.29 is 9.53 Å². The molecule has 31 heavy (non-hydrogen) atoms. The summed E-state index contributed by atoms with van der Waals surface area (Å²) in [4.78, 5) is 17.2. The molecule has 156 valence electrons. The molecule has 7 heteroatoms. The number of thiazole rings is 1. The normalized spacial score (nSPS) is 10.6. The van der Waals surface area contributed by atoms with Crippen molar-refractivity contribution in [2.75, 3.05) is 11.9 Å². The highest BCUT2D eigenvalue weighted by Crippen LogP contribution is 2.31. The number of carbonyl (C=O) groups is 1. The molecule has 3 aromatic carbocycles. The molecule has 0 aliphatic rings. The van der Waals surface area contributed by atoms with Gasteiger partial charge in [-0.3, -0.25) is 10.1 Å². The summed E-state index contributed by atoms with van der Waals surface area (Å²) in [5, 5.41) is 7.04. The van der Waals surface area contributed by atoms with Gasteiger partial charge in [-0.1, -0.05) is 18.2 Å². The Labute approximate surface area is 190 Å². The van der Waals surface area contributed by atoms with E-state index < -0.39 is 0 Å². The number of nitrogens with one attached hydrogen (secondary N) is 2. The van der Waals surface area contributed by atoms with E-state index in [9.17, 15) is 4.79 Å². The molecule has 1 heterocycles. The molecule has 4 rings (SSSR count). The average Bonchev–Trinajstić information content (AvgIpc) is 3.20. The summed E-state index contributed by atoms with van der Waals surface area (Å²) in [6, 6.07) is 21.1. The molecule has 0 bridgehead atoms. The number of rotatable bonds is 5. The van der Waals surface area contributed by atoms with Gasteiger partial charge in [0, 0.05) is 16.8 Å². The van der Waals surface area contributed by atoms with Gasteiger partial charge in [-0.25, -0.2) is 4.98 Å². The second-order valence-corrected chi connectivity index (χ2v) is 8.32. The van der Waals surface area contributed by atoms with Gasteiger partial charge in [-0.2, -0.15) is 0 Å². The number of amides is 1. The molecule has 0 fully saturated rings. The highest BCUT2D eigenvalue weighted by atomic mass is 32.1. The van der Waals surface area contributed by atoms with Gasteiger partial charge in [0.25, 0.3) is 5.91 Å². The first-order chi connectivity index (χ1) is 15.0. The van der Waals surface area contributed by atoms with E-state index in [-0.39, 0.29) is 11.0 Å². The van der Waals surface area contributed by atoms with Crippen molar-refractivity contribution in [1.82, 2.24) is 10.3 Å². The lowest BCUT2D eigenvalue weighted by atomic mass is 10.1. The first-order valence-corrected chi connectivity index (χ1v) is 11.1. The van der Waals surface area contributed by atoms with Crippen LogP contribution in [0.1, 0.15) is 22.8 Å². The second kappa shape index (κ2) is 9.24. The van der Waals surface area contributed by atoms with Crippen molar-refractivity contribution in [3.8, 4) is 16.3 Å². The van der Waals surface area contributed by atoms with E-state index in [2.05, 4.69) is 22.8 Å². The molecule has 0 unspecified atom stereocenters. The number of thiocarbonyl (C=S) groups is 1. The van der Waals surface area contributed by atoms with E-state index in [1.165, 1.54) is 0 Å². The van der Waals surface area contributed by atoms with Crippen molar-refractivity contribution in [2.45, 2.75) is 13.8 Å². The van der Waals surface area contributed by atoms with E-state index in [1.807, 2.05) is 50.2 Å². The van der Waals surface area contributed by atoms with E-state index in [0.29, 0.717) is 17.9 Å². The minimum absolute atomic E-state index is 0.239. The smallest absolute Gasteiger partial charge is 0.257 e. The lowest BCUT2D eigenvalue weighted by Crippen LogP contribution is -2.34. The lowest BCUT2D eigenvalue weighted by Gasteiger charge is -2.13. The molecule has 1 aromatic heterocycles. The summed E-state index contributed by atoms with van der Waals surface area (Å²) < 4.78 is 6.61. The average molecular weight is 448 g/mol. The van der Waals surface area contributed by atoms with Crippen LogP contribution in [0, 0.1) is 6.92 Å². The SMILES string of the molecule is CCOc1cccc(C(=O)NC(=S)Nc2ccc(-c3nc4ccccc4s3)cc2C)c1. The van der Waals surface area contributed by atoms with Crippen molar-refractivity contribution in [3.63, 3.8) is 0 Å². The minimum atomic E-state index is -0.289. The third-order valence-corrected chi connectivity index (χ3v) is 5.94. The number of aryl methyl sites for hydroxylation is 1. The molecular formula is C24H21N3O2S2. The van der Waals surface area contributed by atoms with Crippen molar-refractivity contribution in [1.29, 1.82) is 0 Å². The maximum Gasteiger partial charge on any atom is 0.257 e. The first-order valence-electron chi connectivity index (χ1n) is 9.85. The zero-order valence-corrected chi connectivity index (χ0v) is 18.8. The highest BCUT2D eigenvalue weighted by molar-refractivity contribution is 7.80. The number of hydrogen-bond donors (Lipinski definition) is 2. The zero-order chi connectivity index (χ0) is 21.8. The van der Waals surface area contributed by atoms with E-state index >= 15 is 0 Å². The Hall–Kier alpha value is -3.29. The fraction of sp³-hybridized carbons (Fsp3) is 0.125. The van der Waals surface area contributed by atoms with Crippen LogP contribution in [0.2, 0.25) is 0 Å². The van der Waals surface area contributed by atoms with Crippen molar-refractivity contribution in [3.05, 3.63) is 77.9 Å². The Kier molecular flexibility index (Phi) is 6.25. The molecule has 2 N–H and O–H groups in total. The Morgan fingerprint density at radius 3 is 2.71 bits per heavy atom. The van der Waals surface area contributed by atoms with Crippen LogP contribution in [-0.4, -0.2) is 22.6 Å². The molecule has 0 saturated heterocycles. The summed E-state index contributed by atoms with van der Waals surface area (Å²) >= 11 is 7.01. The van der Waals surface area contributed by atoms with Gasteiger partial charge in [0.2, 0.25) is 0 Å². The van der Waals surface area contributed by atoms with Gasteiger partial charge < -0.3 is 10.1 Å². The quantitative estimate of drug-likeness (QED) is 0.379. The van der Waals surface area contributed by atoms with Gasteiger partial charge in [-0.15, -0.1) is 11.3 Å². The number of anilines is 1. The molecule has 0 saturated carbocycles. The number of fused-ring (bicyclic) bond motifs is 1. The molecule has 0 radical (unpaired) electrons. The lowest BCUT2D eigenvalue weighted by molar-refractivity contribution is 0.0977. The van der Waals surface area contributed by atoms with E-state index in [4.69, 9.17) is 21.9 Å². The first kappa shape index (κ1) is 21.0. The number of aromatic nitrogens is 1. The summed E-state index contributed by atoms with van der Waals surface area (Å²) in [5.41, 5.74) is 4.37. The summed E-state index contributed by atoms with van der Waals surface area (Å²) in [6.45, 7) is 4.43. The van der Waals surface area contributed by atoms with E-state index in [1.54, 1.807) is 29.5 Å². The predicted octanol–water partition coefficient (Wildman–Crippen LogP) is 5.80. The maximum absolute atomic E-state index is 12.5. The number of nitrogens with zero attached hydrogens (tertiary/aromatic N) is 1. The summed E-state index contributed by atoms with van der Waals surface area (Å²) in [5.74, 6) is 0.359. The molecule has 1 amide bonds. The number of benzene rings is 3. The maximum atomic E-state index is 12.5. The Morgan fingerprint density at radius 1 is 1.10 bits per heavy atom. The molecule has 4 aromatic rings.